The van der Waals surface area contributed by atoms with Crippen molar-refractivity contribution in [2.24, 2.45) is 0 Å². The van der Waals surface area contributed by atoms with E-state index in [1.807, 2.05) is 32.0 Å². The van der Waals surface area contributed by atoms with Gasteiger partial charge in [-0.05, 0) is 37.8 Å². The Hall–Kier alpha value is -0.830. The van der Waals surface area contributed by atoms with Gasteiger partial charge in [-0.15, -0.1) is 0 Å². The van der Waals surface area contributed by atoms with Gasteiger partial charge in [-0.3, -0.25) is 4.79 Å². The minimum Gasteiger partial charge on any atom is -0.352 e. The van der Waals surface area contributed by atoms with E-state index < -0.39 is 0 Å². The number of nitrogens with one attached hydrogen (secondary N) is 1. The molecule has 0 saturated carbocycles. The lowest BCUT2D eigenvalue weighted by atomic mass is 10.0. The van der Waals surface area contributed by atoms with Crippen molar-refractivity contribution < 1.29 is 4.79 Å². The van der Waals surface area contributed by atoms with Gasteiger partial charge in [0, 0.05) is 17.4 Å². The number of hydrogen-bond donors (Lipinski definition) is 1. The van der Waals surface area contributed by atoms with Crippen molar-refractivity contribution in [1.29, 1.82) is 0 Å². The maximum absolute atomic E-state index is 11.9. The van der Waals surface area contributed by atoms with E-state index in [9.17, 15) is 4.79 Å². The standard InChI is InChI=1S/C13H18BrNO/c1-10-6-5-7-11(2)12(10)13(16)15-9-4-3-8-14/h5-7H,3-4,8-9H2,1-2H3,(H,15,16). The molecule has 1 amide bonds. The highest BCUT2D eigenvalue weighted by Gasteiger charge is 2.10. The van der Waals surface area contributed by atoms with Crippen molar-refractivity contribution in [3.8, 4) is 0 Å². The molecule has 0 aliphatic heterocycles. The second kappa shape index (κ2) is 6.69. The molecule has 0 radical (unpaired) electrons. The second-order valence-electron chi connectivity index (χ2n) is 3.92. The fourth-order valence-corrected chi connectivity index (χ4v) is 2.08. The summed E-state index contributed by atoms with van der Waals surface area (Å²) < 4.78 is 0. The molecule has 0 atom stereocenters. The zero-order valence-corrected chi connectivity index (χ0v) is 11.4. The highest BCUT2D eigenvalue weighted by atomic mass is 79.9. The third kappa shape index (κ3) is 3.63. The molecule has 0 spiro atoms. The smallest absolute Gasteiger partial charge is 0.251 e. The SMILES string of the molecule is Cc1cccc(C)c1C(=O)NCCCCBr. The molecule has 1 aromatic carbocycles. The van der Waals surface area contributed by atoms with Crippen LogP contribution >= 0.6 is 15.9 Å². The Morgan fingerprint density at radius 2 is 1.88 bits per heavy atom. The first kappa shape index (κ1) is 13.2. The van der Waals surface area contributed by atoms with Gasteiger partial charge < -0.3 is 5.32 Å². The molecule has 88 valence electrons. The number of benzene rings is 1. The fraction of sp³-hybridized carbons (Fsp3) is 0.462. The fourth-order valence-electron chi connectivity index (χ4n) is 1.68. The van der Waals surface area contributed by atoms with Crippen molar-refractivity contribution >= 4 is 21.8 Å². The van der Waals surface area contributed by atoms with E-state index in [0.29, 0.717) is 0 Å². The maximum atomic E-state index is 11.9. The number of carbonyl (C=O) groups excluding carboxylic acids is 1. The molecule has 0 saturated heterocycles. The molecule has 0 heterocycles. The quantitative estimate of drug-likeness (QED) is 0.653. The Kier molecular flexibility index (Phi) is 5.53. The molecule has 0 aliphatic rings. The lowest BCUT2D eigenvalue weighted by Gasteiger charge is -2.09. The van der Waals surface area contributed by atoms with Gasteiger partial charge in [-0.2, -0.15) is 0 Å². The Morgan fingerprint density at radius 1 is 1.25 bits per heavy atom. The summed E-state index contributed by atoms with van der Waals surface area (Å²) in [5.41, 5.74) is 2.90. The van der Waals surface area contributed by atoms with Gasteiger partial charge in [0.1, 0.15) is 0 Å². The number of alkyl halides is 1. The minimum atomic E-state index is 0.0465. The van der Waals surface area contributed by atoms with Gasteiger partial charge >= 0.3 is 0 Å². The first-order valence-electron chi connectivity index (χ1n) is 5.57. The number of carbonyl (C=O) groups is 1. The summed E-state index contributed by atoms with van der Waals surface area (Å²) in [7, 11) is 0. The molecule has 0 bridgehead atoms. The van der Waals surface area contributed by atoms with Crippen molar-refractivity contribution in [1.82, 2.24) is 5.32 Å². The van der Waals surface area contributed by atoms with Crippen molar-refractivity contribution in [2.75, 3.05) is 11.9 Å². The third-order valence-corrected chi connectivity index (χ3v) is 3.11. The lowest BCUT2D eigenvalue weighted by molar-refractivity contribution is 0.0952. The molecule has 0 aromatic heterocycles. The Balaban J connectivity index is 2.59. The van der Waals surface area contributed by atoms with E-state index in [2.05, 4.69) is 21.2 Å². The van der Waals surface area contributed by atoms with E-state index in [0.717, 1.165) is 41.4 Å². The Morgan fingerprint density at radius 3 is 2.44 bits per heavy atom. The Labute approximate surface area is 106 Å². The number of unbranched alkanes of at least 4 members (excludes halogenated alkanes) is 1. The highest BCUT2D eigenvalue weighted by molar-refractivity contribution is 9.09. The maximum Gasteiger partial charge on any atom is 0.251 e. The summed E-state index contributed by atoms with van der Waals surface area (Å²) >= 11 is 3.37. The highest BCUT2D eigenvalue weighted by Crippen LogP contribution is 2.12. The van der Waals surface area contributed by atoms with Gasteiger partial charge in [0.15, 0.2) is 0 Å². The van der Waals surface area contributed by atoms with Gasteiger partial charge in [0.25, 0.3) is 5.91 Å². The second-order valence-corrected chi connectivity index (χ2v) is 4.71. The first-order chi connectivity index (χ1) is 7.66. The molecule has 2 nitrogen and oxygen atoms in total. The molecule has 0 fully saturated rings. The van der Waals surface area contributed by atoms with E-state index in [4.69, 9.17) is 0 Å². The van der Waals surface area contributed by atoms with Crippen molar-refractivity contribution in [2.45, 2.75) is 26.7 Å². The molecular formula is C13H18BrNO. The summed E-state index contributed by atoms with van der Waals surface area (Å²) in [5.74, 6) is 0.0465. The molecule has 1 aromatic rings. The van der Waals surface area contributed by atoms with Crippen LogP contribution in [0.15, 0.2) is 18.2 Å². The summed E-state index contributed by atoms with van der Waals surface area (Å²) in [6, 6.07) is 5.92. The van der Waals surface area contributed by atoms with Crippen LogP contribution in [0.2, 0.25) is 0 Å². The zero-order chi connectivity index (χ0) is 12.0. The molecule has 0 unspecified atom stereocenters. The molecule has 16 heavy (non-hydrogen) atoms. The minimum absolute atomic E-state index is 0.0465. The molecule has 0 aliphatic carbocycles. The van der Waals surface area contributed by atoms with Crippen LogP contribution in [0.25, 0.3) is 0 Å². The van der Waals surface area contributed by atoms with Crippen LogP contribution < -0.4 is 5.32 Å². The van der Waals surface area contributed by atoms with E-state index in [1.165, 1.54) is 0 Å². The predicted octanol–water partition coefficient (Wildman–Crippen LogP) is 3.21. The van der Waals surface area contributed by atoms with Crippen LogP contribution in [-0.4, -0.2) is 17.8 Å². The molecule has 3 heteroatoms. The summed E-state index contributed by atoms with van der Waals surface area (Å²) in [6.07, 6.45) is 2.11. The topological polar surface area (TPSA) is 29.1 Å². The number of aryl methyl sites for hydroxylation is 2. The average Bonchev–Trinajstić information content (AvgIpc) is 2.24. The van der Waals surface area contributed by atoms with E-state index >= 15 is 0 Å². The number of amides is 1. The number of rotatable bonds is 5. The van der Waals surface area contributed by atoms with Crippen molar-refractivity contribution in [3.05, 3.63) is 34.9 Å². The molecular weight excluding hydrogens is 266 g/mol. The van der Waals surface area contributed by atoms with Crippen LogP contribution in [0.3, 0.4) is 0 Å². The van der Waals surface area contributed by atoms with Crippen LogP contribution in [0.4, 0.5) is 0 Å². The van der Waals surface area contributed by atoms with Crippen LogP contribution in [0.5, 0.6) is 0 Å². The summed E-state index contributed by atoms with van der Waals surface area (Å²) in [5, 5.41) is 3.95. The van der Waals surface area contributed by atoms with Crippen LogP contribution in [0.1, 0.15) is 34.3 Å². The van der Waals surface area contributed by atoms with E-state index in [-0.39, 0.29) is 5.91 Å². The zero-order valence-electron chi connectivity index (χ0n) is 9.85. The van der Waals surface area contributed by atoms with Crippen LogP contribution in [0, 0.1) is 13.8 Å². The number of hydrogen-bond acceptors (Lipinski definition) is 1. The first-order valence-corrected chi connectivity index (χ1v) is 6.69. The van der Waals surface area contributed by atoms with E-state index in [1.54, 1.807) is 0 Å². The number of halogens is 1. The summed E-state index contributed by atoms with van der Waals surface area (Å²) in [6.45, 7) is 4.69. The van der Waals surface area contributed by atoms with Crippen molar-refractivity contribution in [3.63, 3.8) is 0 Å². The van der Waals surface area contributed by atoms with Gasteiger partial charge in [0.2, 0.25) is 0 Å². The summed E-state index contributed by atoms with van der Waals surface area (Å²) in [4.78, 5) is 11.9. The van der Waals surface area contributed by atoms with Gasteiger partial charge in [-0.1, -0.05) is 34.1 Å². The van der Waals surface area contributed by atoms with Gasteiger partial charge in [-0.25, -0.2) is 0 Å². The normalized spacial score (nSPS) is 10.2. The lowest BCUT2D eigenvalue weighted by Crippen LogP contribution is -2.26. The average molecular weight is 284 g/mol. The van der Waals surface area contributed by atoms with Crippen LogP contribution in [-0.2, 0) is 0 Å². The molecule has 1 rings (SSSR count). The predicted molar refractivity (Wildman–Crippen MR) is 71.3 cm³/mol. The Bertz CT molecular complexity index is 343. The molecule has 1 N–H and O–H groups in total. The largest absolute Gasteiger partial charge is 0.352 e. The third-order valence-electron chi connectivity index (χ3n) is 2.55. The van der Waals surface area contributed by atoms with Gasteiger partial charge in [0.05, 0.1) is 0 Å². The monoisotopic (exact) mass is 283 g/mol.